The third kappa shape index (κ3) is 3.15. The van der Waals surface area contributed by atoms with Crippen LogP contribution in [0, 0.1) is 0 Å². The lowest BCUT2D eigenvalue weighted by molar-refractivity contribution is 0.0702. The highest BCUT2D eigenvalue weighted by Crippen LogP contribution is 2.42. The smallest absolute Gasteiger partial charge is 0.347 e. The number of aromatic nitrogens is 4. The van der Waals surface area contributed by atoms with Crippen molar-refractivity contribution in [2.75, 3.05) is 11.9 Å². The summed E-state index contributed by atoms with van der Waals surface area (Å²) in [7, 11) is 0. The lowest BCUT2D eigenvalue weighted by Crippen LogP contribution is -2.41. The summed E-state index contributed by atoms with van der Waals surface area (Å²) in [5.74, 6) is -0.300. The van der Waals surface area contributed by atoms with Crippen molar-refractivity contribution in [3.63, 3.8) is 0 Å². The van der Waals surface area contributed by atoms with Crippen molar-refractivity contribution in [1.29, 1.82) is 0 Å². The summed E-state index contributed by atoms with van der Waals surface area (Å²) in [5, 5.41) is 21.3. The van der Waals surface area contributed by atoms with Gasteiger partial charge >= 0.3 is 5.97 Å². The fourth-order valence-electron chi connectivity index (χ4n) is 3.10. The molecule has 1 aliphatic carbocycles. The maximum absolute atomic E-state index is 10.9. The lowest BCUT2D eigenvalue weighted by atomic mass is 9.66. The Morgan fingerprint density at radius 3 is 2.65 bits per heavy atom. The number of nitrogens with zero attached hydrogens (tertiary/aromatic N) is 4. The van der Waals surface area contributed by atoms with Gasteiger partial charge in [0.1, 0.15) is 21.4 Å². The van der Waals surface area contributed by atoms with Crippen LogP contribution in [0.4, 0.5) is 5.82 Å². The molecule has 7 nitrogen and oxygen atoms in total. The van der Waals surface area contributed by atoms with Crippen molar-refractivity contribution < 1.29 is 9.90 Å². The van der Waals surface area contributed by atoms with Gasteiger partial charge in [0.2, 0.25) is 0 Å². The molecule has 8 heteroatoms. The number of thiazole rings is 1. The molecule has 0 aliphatic heterocycles. The first kappa shape index (κ1) is 16.6. The molecular formula is C18H17N5O2S. The zero-order valence-electron chi connectivity index (χ0n) is 13.9. The number of pyridine rings is 1. The Balaban J connectivity index is 1.45. The summed E-state index contributed by atoms with van der Waals surface area (Å²) in [6.45, 7) is 0.762. The number of carbonyl (C=O) groups is 1. The highest BCUT2D eigenvalue weighted by atomic mass is 32.1. The molecular weight excluding hydrogens is 350 g/mol. The molecule has 3 aromatic rings. The van der Waals surface area contributed by atoms with Gasteiger partial charge in [0.25, 0.3) is 0 Å². The first-order valence-corrected chi connectivity index (χ1v) is 9.17. The van der Waals surface area contributed by atoms with Crippen LogP contribution < -0.4 is 5.32 Å². The first-order chi connectivity index (χ1) is 12.7. The predicted molar refractivity (Wildman–Crippen MR) is 98.4 cm³/mol. The number of anilines is 1. The van der Waals surface area contributed by atoms with E-state index in [1.165, 1.54) is 12.6 Å². The minimum atomic E-state index is -0.986. The second-order valence-electron chi connectivity index (χ2n) is 6.34. The molecule has 3 heterocycles. The molecule has 0 radical (unpaired) electrons. The fourth-order valence-corrected chi connectivity index (χ4v) is 3.82. The number of carboxylic acid groups (broad SMARTS) is 1. The molecule has 4 rings (SSSR count). The average molecular weight is 367 g/mol. The molecule has 0 amide bonds. The van der Waals surface area contributed by atoms with E-state index in [1.54, 1.807) is 6.07 Å². The van der Waals surface area contributed by atoms with Gasteiger partial charge in [-0.3, -0.25) is 4.98 Å². The number of rotatable bonds is 6. The van der Waals surface area contributed by atoms with Crippen molar-refractivity contribution in [1.82, 2.24) is 20.2 Å². The largest absolute Gasteiger partial charge is 0.477 e. The Kier molecular flexibility index (Phi) is 4.34. The van der Waals surface area contributed by atoms with Gasteiger partial charge in [-0.15, -0.1) is 21.5 Å². The molecule has 0 spiro atoms. The van der Waals surface area contributed by atoms with E-state index < -0.39 is 5.97 Å². The second-order valence-corrected chi connectivity index (χ2v) is 7.37. The van der Waals surface area contributed by atoms with E-state index in [1.807, 2.05) is 24.4 Å². The highest BCUT2D eigenvalue weighted by molar-refractivity contribution is 7.16. The van der Waals surface area contributed by atoms with Gasteiger partial charge in [0.05, 0.1) is 6.20 Å². The Morgan fingerprint density at radius 1 is 1.19 bits per heavy atom. The molecule has 0 saturated heterocycles. The van der Waals surface area contributed by atoms with Crippen molar-refractivity contribution in [3.8, 4) is 10.7 Å². The average Bonchev–Trinajstić information content (AvgIpc) is 3.13. The van der Waals surface area contributed by atoms with E-state index in [0.29, 0.717) is 16.5 Å². The van der Waals surface area contributed by atoms with E-state index >= 15 is 0 Å². The second kappa shape index (κ2) is 6.80. The van der Waals surface area contributed by atoms with E-state index in [0.717, 1.165) is 36.4 Å². The van der Waals surface area contributed by atoms with Gasteiger partial charge in [-0.1, -0.05) is 12.5 Å². The van der Waals surface area contributed by atoms with Crippen LogP contribution in [0.2, 0.25) is 0 Å². The van der Waals surface area contributed by atoms with Gasteiger partial charge in [0.15, 0.2) is 0 Å². The van der Waals surface area contributed by atoms with Crippen LogP contribution in [0.15, 0.2) is 42.7 Å². The minimum absolute atomic E-state index is 0.0628. The zero-order valence-corrected chi connectivity index (χ0v) is 14.7. The monoisotopic (exact) mass is 367 g/mol. The Labute approximate surface area is 154 Å². The van der Waals surface area contributed by atoms with Crippen molar-refractivity contribution in [2.24, 2.45) is 0 Å². The summed E-state index contributed by atoms with van der Waals surface area (Å²) in [6.07, 6.45) is 6.60. The van der Waals surface area contributed by atoms with Gasteiger partial charge in [0, 0.05) is 23.9 Å². The molecule has 2 N–H and O–H groups in total. The van der Waals surface area contributed by atoms with Crippen molar-refractivity contribution in [2.45, 2.75) is 24.7 Å². The number of nitrogens with one attached hydrogen (secondary N) is 1. The Hall–Kier alpha value is -2.87. The van der Waals surface area contributed by atoms with E-state index in [4.69, 9.17) is 5.11 Å². The quantitative estimate of drug-likeness (QED) is 0.690. The van der Waals surface area contributed by atoms with Crippen LogP contribution in [0.3, 0.4) is 0 Å². The molecule has 0 atom stereocenters. The van der Waals surface area contributed by atoms with E-state index in [2.05, 4.69) is 31.5 Å². The van der Waals surface area contributed by atoms with E-state index in [9.17, 15) is 4.79 Å². The summed E-state index contributed by atoms with van der Waals surface area (Å²) < 4.78 is 0. The van der Waals surface area contributed by atoms with Gasteiger partial charge in [-0.05, 0) is 37.1 Å². The Morgan fingerprint density at radius 2 is 2.08 bits per heavy atom. The topological polar surface area (TPSA) is 101 Å². The van der Waals surface area contributed by atoms with Gasteiger partial charge in [-0.25, -0.2) is 9.78 Å². The first-order valence-electron chi connectivity index (χ1n) is 8.35. The third-order valence-corrected chi connectivity index (χ3v) is 5.73. The molecule has 0 bridgehead atoms. The highest BCUT2D eigenvalue weighted by Gasteiger charge is 2.39. The maximum atomic E-state index is 10.9. The SMILES string of the molecule is O=C(O)c1cnc(-c2ccc(NCC3(c4ccccn4)CCC3)nn2)s1. The standard InChI is InChI=1S/C18H17N5O2S/c24-17(25)13-10-20-16(26-13)12-5-6-15(23-22-12)21-11-18(7-3-8-18)14-4-1-2-9-19-14/h1-2,4-6,9-10H,3,7-8,11H2,(H,21,23)(H,24,25). The molecule has 1 saturated carbocycles. The molecule has 132 valence electrons. The number of hydrogen-bond acceptors (Lipinski definition) is 7. The van der Waals surface area contributed by atoms with Crippen LogP contribution >= 0.6 is 11.3 Å². The van der Waals surface area contributed by atoms with E-state index in [-0.39, 0.29) is 10.3 Å². The summed E-state index contributed by atoms with van der Waals surface area (Å²) in [5.41, 5.74) is 1.75. The van der Waals surface area contributed by atoms with Crippen LogP contribution in [0.5, 0.6) is 0 Å². The van der Waals surface area contributed by atoms with Crippen LogP contribution in [-0.4, -0.2) is 37.8 Å². The normalized spacial score (nSPS) is 15.2. The molecule has 0 unspecified atom stereocenters. The predicted octanol–water partition coefficient (Wildman–Crippen LogP) is 3.23. The summed E-state index contributed by atoms with van der Waals surface area (Å²) in [6, 6.07) is 9.68. The van der Waals surface area contributed by atoms with Crippen LogP contribution in [-0.2, 0) is 5.41 Å². The third-order valence-electron chi connectivity index (χ3n) is 4.73. The number of carboxylic acids is 1. The number of hydrogen-bond donors (Lipinski definition) is 2. The zero-order chi connectivity index (χ0) is 18.0. The summed E-state index contributed by atoms with van der Waals surface area (Å²) in [4.78, 5) is 19.8. The number of aromatic carboxylic acids is 1. The van der Waals surface area contributed by atoms with Crippen molar-refractivity contribution >= 4 is 23.1 Å². The minimum Gasteiger partial charge on any atom is -0.477 e. The summed E-state index contributed by atoms with van der Waals surface area (Å²) >= 11 is 1.09. The Bertz CT molecular complexity index is 907. The van der Waals surface area contributed by atoms with Crippen molar-refractivity contribution in [3.05, 3.63) is 53.3 Å². The van der Waals surface area contributed by atoms with Gasteiger partial charge in [-0.2, -0.15) is 0 Å². The molecule has 0 aromatic carbocycles. The fraction of sp³-hybridized carbons (Fsp3) is 0.278. The maximum Gasteiger partial charge on any atom is 0.347 e. The molecule has 26 heavy (non-hydrogen) atoms. The van der Waals surface area contributed by atoms with Gasteiger partial charge < -0.3 is 10.4 Å². The lowest BCUT2D eigenvalue weighted by Gasteiger charge is -2.41. The molecule has 3 aromatic heterocycles. The molecule has 1 aliphatic rings. The molecule has 1 fully saturated rings. The van der Waals surface area contributed by atoms with Crippen LogP contribution in [0.25, 0.3) is 10.7 Å². The van der Waals surface area contributed by atoms with Crippen LogP contribution in [0.1, 0.15) is 34.6 Å².